The molecule has 4 atom stereocenters. The van der Waals surface area contributed by atoms with Crippen molar-refractivity contribution in [3.63, 3.8) is 0 Å². The van der Waals surface area contributed by atoms with Crippen LogP contribution in [0.4, 0.5) is 0 Å². The predicted octanol–water partition coefficient (Wildman–Crippen LogP) is 2.88. The number of phenols is 1. The Morgan fingerprint density at radius 2 is 1.87 bits per heavy atom. The summed E-state index contributed by atoms with van der Waals surface area (Å²) in [4.78, 5) is 24.3. The number of amides is 1. The van der Waals surface area contributed by atoms with Crippen molar-refractivity contribution in [3.05, 3.63) is 29.8 Å². The molecule has 5 heteroatoms. The molecule has 0 heterocycles. The van der Waals surface area contributed by atoms with Crippen LogP contribution in [0.2, 0.25) is 0 Å². The van der Waals surface area contributed by atoms with E-state index < -0.39 is 12.1 Å². The SMILES string of the molecule is C[C@@H]1[C@H](C)CCC[C@H]1NC(=O)[C@@H](C)OC(=O)c1ccc(O)cc1. The van der Waals surface area contributed by atoms with Crippen molar-refractivity contribution >= 4 is 11.9 Å². The number of ether oxygens (including phenoxy) is 1. The Bertz CT molecular complexity index is 555. The van der Waals surface area contributed by atoms with E-state index in [-0.39, 0.29) is 17.7 Å². The van der Waals surface area contributed by atoms with Gasteiger partial charge in [-0.2, -0.15) is 0 Å². The van der Waals surface area contributed by atoms with Crippen molar-refractivity contribution in [2.24, 2.45) is 11.8 Å². The van der Waals surface area contributed by atoms with Gasteiger partial charge in [-0.25, -0.2) is 4.79 Å². The Balaban J connectivity index is 1.89. The van der Waals surface area contributed by atoms with Crippen molar-refractivity contribution < 1.29 is 19.4 Å². The van der Waals surface area contributed by atoms with Crippen LogP contribution in [0.5, 0.6) is 5.75 Å². The van der Waals surface area contributed by atoms with Crippen molar-refractivity contribution in [1.29, 1.82) is 0 Å². The number of benzene rings is 1. The largest absolute Gasteiger partial charge is 0.508 e. The molecule has 1 aromatic carbocycles. The molecule has 1 aliphatic rings. The molecular formula is C18H25NO4. The maximum absolute atomic E-state index is 12.3. The fraction of sp³-hybridized carbons (Fsp3) is 0.556. The van der Waals surface area contributed by atoms with E-state index >= 15 is 0 Å². The van der Waals surface area contributed by atoms with Crippen LogP contribution < -0.4 is 5.32 Å². The second kappa shape index (κ2) is 7.49. The standard InChI is InChI=1S/C18H25NO4/c1-11-5-4-6-16(12(11)2)19-17(21)13(3)23-18(22)14-7-9-15(20)10-8-14/h7-13,16,20H,4-6H2,1-3H3,(H,19,21)/t11-,12-,13-,16-/m1/s1. The summed E-state index contributed by atoms with van der Waals surface area (Å²) in [5.41, 5.74) is 0.308. The highest BCUT2D eigenvalue weighted by molar-refractivity contribution is 5.92. The van der Waals surface area contributed by atoms with Crippen molar-refractivity contribution in [1.82, 2.24) is 5.32 Å². The van der Waals surface area contributed by atoms with Crippen LogP contribution >= 0.6 is 0 Å². The lowest BCUT2D eigenvalue weighted by atomic mass is 9.78. The topological polar surface area (TPSA) is 75.6 Å². The van der Waals surface area contributed by atoms with Crippen LogP contribution in [0.15, 0.2) is 24.3 Å². The first-order valence-corrected chi connectivity index (χ1v) is 8.19. The molecule has 0 aliphatic heterocycles. The lowest BCUT2D eigenvalue weighted by Gasteiger charge is -2.35. The highest BCUT2D eigenvalue weighted by atomic mass is 16.5. The molecule has 2 rings (SSSR count). The Kier molecular flexibility index (Phi) is 5.64. The van der Waals surface area contributed by atoms with Gasteiger partial charge in [0.25, 0.3) is 5.91 Å². The number of carbonyl (C=O) groups is 2. The molecule has 0 bridgehead atoms. The molecule has 0 aromatic heterocycles. The summed E-state index contributed by atoms with van der Waals surface area (Å²) in [6, 6.07) is 5.89. The number of hydrogen-bond donors (Lipinski definition) is 2. The molecule has 23 heavy (non-hydrogen) atoms. The van der Waals surface area contributed by atoms with E-state index in [0.29, 0.717) is 17.4 Å². The third-order valence-electron chi connectivity index (χ3n) is 4.79. The summed E-state index contributed by atoms with van der Waals surface area (Å²) in [6.45, 7) is 5.93. The zero-order valence-electron chi connectivity index (χ0n) is 13.9. The molecular weight excluding hydrogens is 294 g/mol. The summed E-state index contributed by atoms with van der Waals surface area (Å²) in [6.07, 6.45) is 2.42. The third kappa shape index (κ3) is 4.47. The monoisotopic (exact) mass is 319 g/mol. The quantitative estimate of drug-likeness (QED) is 0.837. The Labute approximate surface area is 137 Å². The van der Waals surface area contributed by atoms with Gasteiger partial charge in [0.2, 0.25) is 0 Å². The highest BCUT2D eigenvalue weighted by Gasteiger charge is 2.30. The first-order chi connectivity index (χ1) is 10.9. The minimum absolute atomic E-state index is 0.0766. The molecule has 1 aromatic rings. The second-order valence-corrected chi connectivity index (χ2v) is 6.48. The van der Waals surface area contributed by atoms with E-state index in [0.717, 1.165) is 12.8 Å². The number of phenolic OH excluding ortho intramolecular Hbond substituents is 1. The van der Waals surface area contributed by atoms with E-state index in [1.807, 2.05) is 0 Å². The molecule has 0 spiro atoms. The molecule has 126 valence electrons. The van der Waals surface area contributed by atoms with Crippen molar-refractivity contribution in [2.75, 3.05) is 0 Å². The van der Waals surface area contributed by atoms with Gasteiger partial charge >= 0.3 is 5.97 Å². The fourth-order valence-electron chi connectivity index (χ4n) is 2.97. The molecule has 1 amide bonds. The average Bonchev–Trinajstić information content (AvgIpc) is 2.52. The third-order valence-corrected chi connectivity index (χ3v) is 4.79. The molecule has 0 radical (unpaired) electrons. The first-order valence-electron chi connectivity index (χ1n) is 8.19. The van der Waals surface area contributed by atoms with Gasteiger partial charge in [0.05, 0.1) is 5.56 Å². The number of esters is 1. The minimum Gasteiger partial charge on any atom is -0.508 e. The fourth-order valence-corrected chi connectivity index (χ4v) is 2.97. The average molecular weight is 319 g/mol. The number of nitrogens with one attached hydrogen (secondary N) is 1. The van der Waals surface area contributed by atoms with Gasteiger partial charge in [-0.1, -0.05) is 26.7 Å². The van der Waals surface area contributed by atoms with Gasteiger partial charge in [0, 0.05) is 6.04 Å². The molecule has 0 saturated heterocycles. The van der Waals surface area contributed by atoms with Gasteiger partial charge in [0.15, 0.2) is 6.10 Å². The number of rotatable bonds is 4. The van der Waals surface area contributed by atoms with Crippen LogP contribution in [-0.4, -0.2) is 29.1 Å². The Morgan fingerprint density at radius 1 is 1.22 bits per heavy atom. The van der Waals surface area contributed by atoms with Gasteiger partial charge < -0.3 is 15.2 Å². The lowest BCUT2D eigenvalue weighted by molar-refractivity contribution is -0.130. The smallest absolute Gasteiger partial charge is 0.338 e. The molecule has 1 aliphatic carbocycles. The number of carbonyl (C=O) groups excluding carboxylic acids is 2. The van der Waals surface area contributed by atoms with E-state index in [4.69, 9.17) is 4.74 Å². The van der Waals surface area contributed by atoms with Gasteiger partial charge in [-0.15, -0.1) is 0 Å². The molecule has 5 nitrogen and oxygen atoms in total. The Morgan fingerprint density at radius 3 is 2.52 bits per heavy atom. The van der Waals surface area contributed by atoms with Crippen LogP contribution in [0.3, 0.4) is 0 Å². The maximum Gasteiger partial charge on any atom is 0.338 e. The minimum atomic E-state index is -0.847. The zero-order valence-corrected chi connectivity index (χ0v) is 13.9. The van der Waals surface area contributed by atoms with E-state index in [9.17, 15) is 14.7 Å². The molecule has 1 fully saturated rings. The lowest BCUT2D eigenvalue weighted by Crippen LogP contribution is -2.47. The van der Waals surface area contributed by atoms with E-state index in [2.05, 4.69) is 19.2 Å². The molecule has 0 unspecified atom stereocenters. The van der Waals surface area contributed by atoms with Crippen molar-refractivity contribution in [2.45, 2.75) is 52.2 Å². The second-order valence-electron chi connectivity index (χ2n) is 6.48. The number of aromatic hydroxyl groups is 1. The predicted molar refractivity (Wildman–Crippen MR) is 87.1 cm³/mol. The van der Waals surface area contributed by atoms with Crippen LogP contribution in [0.25, 0.3) is 0 Å². The van der Waals surface area contributed by atoms with E-state index in [1.165, 1.54) is 30.7 Å². The summed E-state index contributed by atoms with van der Waals surface area (Å²) >= 11 is 0. The van der Waals surface area contributed by atoms with Gasteiger partial charge in [0.1, 0.15) is 5.75 Å². The highest BCUT2D eigenvalue weighted by Crippen LogP contribution is 2.29. The van der Waals surface area contributed by atoms with Gasteiger partial charge in [-0.05, 0) is 49.4 Å². The summed E-state index contributed by atoms with van der Waals surface area (Å²) in [7, 11) is 0. The number of hydrogen-bond acceptors (Lipinski definition) is 4. The summed E-state index contributed by atoms with van der Waals surface area (Å²) in [5.74, 6) is 0.255. The van der Waals surface area contributed by atoms with Crippen molar-refractivity contribution in [3.8, 4) is 5.75 Å². The normalized spacial score (nSPS) is 25.4. The molecule has 1 saturated carbocycles. The van der Waals surface area contributed by atoms with E-state index in [1.54, 1.807) is 6.92 Å². The first kappa shape index (κ1) is 17.3. The summed E-state index contributed by atoms with van der Waals surface area (Å²) in [5, 5.41) is 12.2. The zero-order chi connectivity index (χ0) is 17.0. The van der Waals surface area contributed by atoms with Gasteiger partial charge in [-0.3, -0.25) is 4.79 Å². The van der Waals surface area contributed by atoms with Crippen LogP contribution in [0, 0.1) is 11.8 Å². The van der Waals surface area contributed by atoms with Crippen LogP contribution in [0.1, 0.15) is 50.4 Å². The Hall–Kier alpha value is -2.04. The summed E-state index contributed by atoms with van der Waals surface area (Å²) < 4.78 is 5.21. The molecule has 2 N–H and O–H groups in total. The van der Waals surface area contributed by atoms with Crippen LogP contribution in [-0.2, 0) is 9.53 Å². The maximum atomic E-state index is 12.3.